The third-order valence-corrected chi connectivity index (χ3v) is 4.58. The van der Waals surface area contributed by atoms with Gasteiger partial charge in [0.05, 0.1) is 0 Å². The van der Waals surface area contributed by atoms with Crippen LogP contribution in [0.25, 0.3) is 0 Å². The van der Waals surface area contributed by atoms with Crippen molar-refractivity contribution in [2.45, 2.75) is 25.4 Å². The predicted octanol–water partition coefficient (Wildman–Crippen LogP) is 2.68. The SMILES string of the molecule is O=C(Nc1c(F)cccc1F)C(=O)NC1CCN(Cc2ccccc2)CC1. The first-order chi connectivity index (χ1) is 13.0. The number of benzene rings is 2. The Hall–Kier alpha value is -2.80. The minimum atomic E-state index is -1.08. The molecule has 1 heterocycles. The van der Waals surface area contributed by atoms with E-state index in [4.69, 9.17) is 0 Å². The van der Waals surface area contributed by atoms with Crippen LogP contribution in [0.3, 0.4) is 0 Å². The standard InChI is InChI=1S/C20H21F2N3O2/c21-16-7-4-8-17(22)18(16)24-20(27)19(26)23-15-9-11-25(12-10-15)13-14-5-2-1-3-6-14/h1-8,15H,9-13H2,(H,23,26)(H,24,27). The Morgan fingerprint density at radius 2 is 1.56 bits per heavy atom. The molecule has 142 valence electrons. The summed E-state index contributed by atoms with van der Waals surface area (Å²) in [6.45, 7) is 2.43. The molecule has 1 aliphatic rings. The van der Waals surface area contributed by atoms with Crippen molar-refractivity contribution < 1.29 is 18.4 Å². The summed E-state index contributed by atoms with van der Waals surface area (Å²) in [4.78, 5) is 26.2. The molecule has 2 N–H and O–H groups in total. The Bertz CT molecular complexity index is 786. The second-order valence-corrected chi connectivity index (χ2v) is 6.56. The number of piperidine rings is 1. The van der Waals surface area contributed by atoms with Gasteiger partial charge in [-0.1, -0.05) is 36.4 Å². The highest BCUT2D eigenvalue weighted by atomic mass is 19.1. The van der Waals surface area contributed by atoms with Crippen LogP contribution < -0.4 is 10.6 Å². The summed E-state index contributed by atoms with van der Waals surface area (Å²) in [7, 11) is 0. The van der Waals surface area contributed by atoms with Crippen molar-refractivity contribution >= 4 is 17.5 Å². The van der Waals surface area contributed by atoms with Gasteiger partial charge in [-0.3, -0.25) is 14.5 Å². The van der Waals surface area contributed by atoms with Crippen molar-refractivity contribution in [3.63, 3.8) is 0 Å². The molecule has 0 aliphatic carbocycles. The average molecular weight is 373 g/mol. The lowest BCUT2D eigenvalue weighted by molar-refractivity contribution is -0.136. The number of anilines is 1. The quantitative estimate of drug-likeness (QED) is 0.810. The summed E-state index contributed by atoms with van der Waals surface area (Å²) in [5.74, 6) is -3.82. The molecule has 0 unspecified atom stereocenters. The minimum Gasteiger partial charge on any atom is -0.345 e. The molecule has 1 aliphatic heterocycles. The van der Waals surface area contributed by atoms with Gasteiger partial charge in [-0.15, -0.1) is 0 Å². The van der Waals surface area contributed by atoms with Gasteiger partial charge in [-0.05, 0) is 30.5 Å². The number of amides is 2. The Balaban J connectivity index is 1.47. The van der Waals surface area contributed by atoms with Gasteiger partial charge in [-0.25, -0.2) is 8.78 Å². The first kappa shape index (κ1) is 19.0. The van der Waals surface area contributed by atoms with E-state index in [1.54, 1.807) is 0 Å². The summed E-state index contributed by atoms with van der Waals surface area (Å²) in [6.07, 6.45) is 1.42. The van der Waals surface area contributed by atoms with E-state index in [2.05, 4.69) is 22.3 Å². The minimum absolute atomic E-state index is 0.138. The fraction of sp³-hybridized carbons (Fsp3) is 0.300. The Morgan fingerprint density at radius 1 is 0.926 bits per heavy atom. The van der Waals surface area contributed by atoms with E-state index < -0.39 is 29.1 Å². The Labute approximate surface area is 156 Å². The number of carbonyl (C=O) groups excluding carboxylic acids is 2. The van der Waals surface area contributed by atoms with E-state index in [9.17, 15) is 18.4 Å². The fourth-order valence-electron chi connectivity index (χ4n) is 3.12. The third-order valence-electron chi connectivity index (χ3n) is 4.58. The molecule has 1 fully saturated rings. The van der Waals surface area contributed by atoms with E-state index in [1.165, 1.54) is 11.6 Å². The van der Waals surface area contributed by atoms with Gasteiger partial charge in [0.2, 0.25) is 0 Å². The van der Waals surface area contributed by atoms with E-state index in [-0.39, 0.29) is 6.04 Å². The molecule has 2 amide bonds. The van der Waals surface area contributed by atoms with Crippen LogP contribution in [0.15, 0.2) is 48.5 Å². The topological polar surface area (TPSA) is 61.4 Å². The molecule has 0 radical (unpaired) electrons. The molecule has 2 aromatic rings. The maximum absolute atomic E-state index is 13.6. The molecule has 1 saturated heterocycles. The normalized spacial score (nSPS) is 15.3. The molecule has 0 bridgehead atoms. The Kier molecular flexibility index (Phi) is 6.13. The second-order valence-electron chi connectivity index (χ2n) is 6.56. The number of halogens is 2. The van der Waals surface area contributed by atoms with Crippen molar-refractivity contribution in [3.05, 3.63) is 65.7 Å². The van der Waals surface area contributed by atoms with Crippen LogP contribution in [0.2, 0.25) is 0 Å². The van der Waals surface area contributed by atoms with Crippen LogP contribution in [0, 0.1) is 11.6 Å². The van der Waals surface area contributed by atoms with Crippen LogP contribution in [-0.2, 0) is 16.1 Å². The molecule has 7 heteroatoms. The van der Waals surface area contributed by atoms with Crippen LogP contribution in [0.5, 0.6) is 0 Å². The van der Waals surface area contributed by atoms with Gasteiger partial charge in [0.25, 0.3) is 0 Å². The summed E-state index contributed by atoms with van der Waals surface area (Å²) >= 11 is 0. The lowest BCUT2D eigenvalue weighted by Crippen LogP contribution is -2.47. The predicted molar refractivity (Wildman–Crippen MR) is 97.9 cm³/mol. The van der Waals surface area contributed by atoms with E-state index in [0.717, 1.165) is 31.8 Å². The highest BCUT2D eigenvalue weighted by molar-refractivity contribution is 6.39. The second kappa shape index (κ2) is 8.73. The number of hydrogen-bond donors (Lipinski definition) is 2. The largest absolute Gasteiger partial charge is 0.345 e. The number of para-hydroxylation sites is 1. The number of nitrogens with one attached hydrogen (secondary N) is 2. The van der Waals surface area contributed by atoms with Gasteiger partial charge in [0.15, 0.2) is 0 Å². The molecule has 0 saturated carbocycles. The van der Waals surface area contributed by atoms with Gasteiger partial charge >= 0.3 is 11.8 Å². The number of nitrogens with zero attached hydrogens (tertiary/aromatic N) is 1. The van der Waals surface area contributed by atoms with Gasteiger partial charge in [0, 0.05) is 25.7 Å². The fourth-order valence-corrected chi connectivity index (χ4v) is 3.12. The summed E-state index contributed by atoms with van der Waals surface area (Å²) in [5, 5.41) is 4.64. The maximum atomic E-state index is 13.6. The van der Waals surface area contributed by atoms with Crippen LogP contribution in [0.1, 0.15) is 18.4 Å². The van der Waals surface area contributed by atoms with Crippen LogP contribution >= 0.6 is 0 Å². The zero-order valence-corrected chi connectivity index (χ0v) is 14.8. The zero-order chi connectivity index (χ0) is 19.2. The maximum Gasteiger partial charge on any atom is 0.313 e. The highest BCUT2D eigenvalue weighted by Crippen LogP contribution is 2.18. The van der Waals surface area contributed by atoms with Crippen molar-refractivity contribution in [3.8, 4) is 0 Å². The molecule has 3 rings (SSSR count). The lowest BCUT2D eigenvalue weighted by Gasteiger charge is -2.32. The number of rotatable bonds is 4. The van der Waals surface area contributed by atoms with Crippen molar-refractivity contribution in [1.29, 1.82) is 0 Å². The number of likely N-dealkylation sites (tertiary alicyclic amines) is 1. The van der Waals surface area contributed by atoms with E-state index in [1.807, 2.05) is 23.5 Å². The molecule has 0 spiro atoms. The number of carbonyl (C=O) groups is 2. The zero-order valence-electron chi connectivity index (χ0n) is 14.8. The van der Waals surface area contributed by atoms with Crippen molar-refractivity contribution in [1.82, 2.24) is 10.2 Å². The number of hydrogen-bond acceptors (Lipinski definition) is 3. The monoisotopic (exact) mass is 373 g/mol. The van der Waals surface area contributed by atoms with Crippen LogP contribution in [-0.4, -0.2) is 35.8 Å². The van der Waals surface area contributed by atoms with Crippen LogP contribution in [0.4, 0.5) is 14.5 Å². The van der Waals surface area contributed by atoms with Gasteiger partial charge < -0.3 is 10.6 Å². The molecular formula is C20H21F2N3O2. The van der Waals surface area contributed by atoms with E-state index >= 15 is 0 Å². The molecule has 2 aromatic carbocycles. The van der Waals surface area contributed by atoms with Crippen molar-refractivity contribution in [2.24, 2.45) is 0 Å². The summed E-state index contributed by atoms with van der Waals surface area (Å²) in [5.41, 5.74) is 0.613. The smallest absolute Gasteiger partial charge is 0.313 e. The van der Waals surface area contributed by atoms with Gasteiger partial charge in [0.1, 0.15) is 17.3 Å². The molecule has 5 nitrogen and oxygen atoms in total. The summed E-state index contributed by atoms with van der Waals surface area (Å²) < 4.78 is 27.1. The molecule has 0 aromatic heterocycles. The molecule has 0 atom stereocenters. The molecule has 27 heavy (non-hydrogen) atoms. The first-order valence-corrected chi connectivity index (χ1v) is 8.85. The third kappa shape index (κ3) is 5.10. The Morgan fingerprint density at radius 3 is 2.19 bits per heavy atom. The lowest BCUT2D eigenvalue weighted by atomic mass is 10.0. The van der Waals surface area contributed by atoms with Crippen molar-refractivity contribution in [2.75, 3.05) is 18.4 Å². The average Bonchev–Trinajstić information content (AvgIpc) is 2.67. The molecular weight excluding hydrogens is 352 g/mol. The summed E-state index contributed by atoms with van der Waals surface area (Å²) in [6, 6.07) is 13.2. The first-order valence-electron chi connectivity index (χ1n) is 8.85. The van der Waals surface area contributed by atoms with Gasteiger partial charge in [-0.2, -0.15) is 0 Å². The van der Waals surface area contributed by atoms with E-state index in [0.29, 0.717) is 12.8 Å². The highest BCUT2D eigenvalue weighted by Gasteiger charge is 2.24.